The minimum absolute atomic E-state index is 0.320. The third-order valence-corrected chi connectivity index (χ3v) is 3.82. The minimum Gasteiger partial charge on any atom is -0.494 e. The van der Waals surface area contributed by atoms with Crippen molar-refractivity contribution in [1.82, 2.24) is 5.43 Å². The summed E-state index contributed by atoms with van der Waals surface area (Å²) in [6.07, 6.45) is 7.23. The molecule has 20 heavy (non-hydrogen) atoms. The Balaban J connectivity index is 1.57. The highest BCUT2D eigenvalue weighted by Crippen LogP contribution is 2.18. The van der Waals surface area contributed by atoms with E-state index in [9.17, 15) is 0 Å². The van der Waals surface area contributed by atoms with Gasteiger partial charge in [-0.25, -0.2) is 0 Å². The van der Waals surface area contributed by atoms with Gasteiger partial charge in [-0.1, -0.05) is 18.2 Å². The molecule has 1 aliphatic heterocycles. The van der Waals surface area contributed by atoms with E-state index in [4.69, 9.17) is 15.3 Å². The van der Waals surface area contributed by atoms with Crippen LogP contribution in [0.15, 0.2) is 30.3 Å². The summed E-state index contributed by atoms with van der Waals surface area (Å²) >= 11 is 0. The average molecular weight is 278 g/mol. The SMILES string of the molecule is NNC(CCCC1CCCO1)CCOc1ccccc1. The zero-order valence-corrected chi connectivity index (χ0v) is 12.1. The molecule has 0 aliphatic carbocycles. The van der Waals surface area contributed by atoms with E-state index in [2.05, 4.69) is 5.43 Å². The number of hydrogen-bond donors (Lipinski definition) is 2. The number of nitrogens with one attached hydrogen (secondary N) is 1. The number of para-hydroxylation sites is 1. The van der Waals surface area contributed by atoms with E-state index in [1.165, 1.54) is 12.8 Å². The Morgan fingerprint density at radius 1 is 1.30 bits per heavy atom. The predicted octanol–water partition coefficient (Wildman–Crippen LogP) is 2.64. The first-order valence-electron chi connectivity index (χ1n) is 7.64. The van der Waals surface area contributed by atoms with Crippen LogP contribution < -0.4 is 16.0 Å². The Bertz CT molecular complexity index is 353. The van der Waals surface area contributed by atoms with E-state index < -0.39 is 0 Å². The van der Waals surface area contributed by atoms with Gasteiger partial charge in [0, 0.05) is 12.6 Å². The second kappa shape index (κ2) is 8.95. The van der Waals surface area contributed by atoms with E-state index >= 15 is 0 Å². The number of ether oxygens (including phenoxy) is 2. The van der Waals surface area contributed by atoms with E-state index in [0.717, 1.165) is 38.0 Å². The molecule has 112 valence electrons. The van der Waals surface area contributed by atoms with Gasteiger partial charge in [0.25, 0.3) is 0 Å². The van der Waals surface area contributed by atoms with Crippen molar-refractivity contribution in [3.05, 3.63) is 30.3 Å². The van der Waals surface area contributed by atoms with Crippen molar-refractivity contribution >= 4 is 0 Å². The molecule has 2 unspecified atom stereocenters. The molecule has 0 saturated carbocycles. The van der Waals surface area contributed by atoms with Gasteiger partial charge in [-0.2, -0.15) is 0 Å². The molecular weight excluding hydrogens is 252 g/mol. The Morgan fingerprint density at radius 2 is 2.15 bits per heavy atom. The predicted molar refractivity (Wildman–Crippen MR) is 80.5 cm³/mol. The molecule has 4 nitrogen and oxygen atoms in total. The van der Waals surface area contributed by atoms with Crippen LogP contribution in [-0.4, -0.2) is 25.4 Å². The van der Waals surface area contributed by atoms with Crippen LogP contribution in [0, 0.1) is 0 Å². The molecule has 1 heterocycles. The van der Waals surface area contributed by atoms with Crippen LogP contribution in [0.2, 0.25) is 0 Å². The molecule has 0 radical (unpaired) electrons. The van der Waals surface area contributed by atoms with Crippen LogP contribution >= 0.6 is 0 Å². The molecule has 2 atom stereocenters. The van der Waals surface area contributed by atoms with Gasteiger partial charge < -0.3 is 9.47 Å². The maximum absolute atomic E-state index is 5.70. The van der Waals surface area contributed by atoms with Gasteiger partial charge in [0.2, 0.25) is 0 Å². The molecular formula is C16H26N2O2. The summed E-state index contributed by atoms with van der Waals surface area (Å²) in [5.41, 5.74) is 2.89. The Labute approximate surface area is 121 Å². The molecule has 0 bridgehead atoms. The lowest BCUT2D eigenvalue weighted by Crippen LogP contribution is -2.36. The molecule has 0 spiro atoms. The van der Waals surface area contributed by atoms with E-state index in [0.29, 0.717) is 18.8 Å². The molecule has 1 aromatic rings. The lowest BCUT2D eigenvalue weighted by Gasteiger charge is -2.17. The lowest BCUT2D eigenvalue weighted by atomic mass is 10.0. The van der Waals surface area contributed by atoms with E-state index in [1.807, 2.05) is 30.3 Å². The molecule has 1 aliphatic rings. The van der Waals surface area contributed by atoms with Gasteiger partial charge >= 0.3 is 0 Å². The molecule has 2 rings (SSSR count). The summed E-state index contributed by atoms with van der Waals surface area (Å²) in [5.74, 6) is 6.53. The topological polar surface area (TPSA) is 56.5 Å². The zero-order chi connectivity index (χ0) is 14.0. The average Bonchev–Trinajstić information content (AvgIpc) is 3.00. The highest BCUT2D eigenvalue weighted by molar-refractivity contribution is 5.20. The summed E-state index contributed by atoms with van der Waals surface area (Å²) in [6, 6.07) is 10.2. The highest BCUT2D eigenvalue weighted by atomic mass is 16.5. The molecule has 1 saturated heterocycles. The van der Waals surface area contributed by atoms with Crippen molar-refractivity contribution in [3.63, 3.8) is 0 Å². The number of benzene rings is 1. The monoisotopic (exact) mass is 278 g/mol. The summed E-state index contributed by atoms with van der Waals surface area (Å²) in [7, 11) is 0. The van der Waals surface area contributed by atoms with E-state index in [1.54, 1.807) is 0 Å². The Kier molecular flexibility index (Phi) is 6.84. The third kappa shape index (κ3) is 5.49. The van der Waals surface area contributed by atoms with Crippen LogP contribution in [0.4, 0.5) is 0 Å². The van der Waals surface area contributed by atoms with Crippen molar-refractivity contribution in [2.24, 2.45) is 5.84 Å². The summed E-state index contributed by atoms with van der Waals surface area (Å²) in [6.45, 7) is 1.63. The number of hydrogen-bond acceptors (Lipinski definition) is 4. The van der Waals surface area contributed by atoms with Crippen LogP contribution in [0.3, 0.4) is 0 Å². The quantitative estimate of drug-likeness (QED) is 0.538. The van der Waals surface area contributed by atoms with Crippen molar-refractivity contribution in [1.29, 1.82) is 0 Å². The third-order valence-electron chi connectivity index (χ3n) is 3.82. The first-order valence-corrected chi connectivity index (χ1v) is 7.64. The van der Waals surface area contributed by atoms with Crippen molar-refractivity contribution in [3.8, 4) is 5.75 Å². The van der Waals surface area contributed by atoms with Gasteiger partial charge in [0.15, 0.2) is 0 Å². The maximum Gasteiger partial charge on any atom is 0.119 e. The van der Waals surface area contributed by atoms with Crippen LogP contribution in [-0.2, 0) is 4.74 Å². The van der Waals surface area contributed by atoms with Crippen molar-refractivity contribution < 1.29 is 9.47 Å². The summed E-state index contributed by atoms with van der Waals surface area (Å²) in [4.78, 5) is 0. The minimum atomic E-state index is 0.320. The first-order chi connectivity index (χ1) is 9.88. The number of rotatable bonds is 9. The highest BCUT2D eigenvalue weighted by Gasteiger charge is 2.15. The second-order valence-electron chi connectivity index (χ2n) is 5.38. The second-order valence-corrected chi connectivity index (χ2v) is 5.38. The Morgan fingerprint density at radius 3 is 2.85 bits per heavy atom. The van der Waals surface area contributed by atoms with Gasteiger partial charge in [-0.05, 0) is 50.7 Å². The smallest absolute Gasteiger partial charge is 0.119 e. The normalized spacial score (nSPS) is 19.9. The number of hydrazine groups is 1. The van der Waals surface area contributed by atoms with Crippen molar-refractivity contribution in [2.45, 2.75) is 50.7 Å². The fraction of sp³-hybridized carbons (Fsp3) is 0.625. The van der Waals surface area contributed by atoms with Gasteiger partial charge in [0.1, 0.15) is 5.75 Å². The molecule has 0 aromatic heterocycles. The molecule has 0 amide bonds. The van der Waals surface area contributed by atoms with Crippen molar-refractivity contribution in [2.75, 3.05) is 13.2 Å². The first kappa shape index (κ1) is 15.3. The van der Waals surface area contributed by atoms with Gasteiger partial charge in [-0.3, -0.25) is 11.3 Å². The molecule has 4 heteroatoms. The molecule has 1 fully saturated rings. The van der Waals surface area contributed by atoms with Crippen LogP contribution in [0.5, 0.6) is 5.75 Å². The van der Waals surface area contributed by atoms with Gasteiger partial charge in [-0.15, -0.1) is 0 Å². The van der Waals surface area contributed by atoms with Crippen LogP contribution in [0.25, 0.3) is 0 Å². The lowest BCUT2D eigenvalue weighted by molar-refractivity contribution is 0.101. The maximum atomic E-state index is 5.70. The largest absolute Gasteiger partial charge is 0.494 e. The summed E-state index contributed by atoms with van der Waals surface area (Å²) < 4.78 is 11.3. The summed E-state index contributed by atoms with van der Waals surface area (Å²) in [5, 5.41) is 0. The van der Waals surface area contributed by atoms with Crippen LogP contribution in [0.1, 0.15) is 38.5 Å². The van der Waals surface area contributed by atoms with E-state index in [-0.39, 0.29) is 0 Å². The zero-order valence-electron chi connectivity index (χ0n) is 12.1. The molecule has 1 aromatic carbocycles. The fourth-order valence-electron chi connectivity index (χ4n) is 2.61. The van der Waals surface area contributed by atoms with Gasteiger partial charge in [0.05, 0.1) is 12.7 Å². The fourth-order valence-corrected chi connectivity index (χ4v) is 2.61. The number of nitrogens with two attached hydrogens (primary N) is 1. The molecule has 3 N–H and O–H groups in total. The standard InChI is InChI=1S/C16H26N2O2/c17-18-14(6-4-9-16-10-5-12-19-16)11-13-20-15-7-2-1-3-8-15/h1-3,7-8,14,16,18H,4-6,9-13,17H2. The Hall–Kier alpha value is -1.10.